The average Bonchev–Trinajstić information content (AvgIpc) is 2.99. The van der Waals surface area contributed by atoms with Gasteiger partial charge in [-0.1, -0.05) is 19.3 Å². The molecule has 1 saturated carbocycles. The van der Waals surface area contributed by atoms with Crippen LogP contribution in [0.5, 0.6) is 0 Å². The monoisotopic (exact) mass is 403 g/mol. The summed E-state index contributed by atoms with van der Waals surface area (Å²) in [5, 5.41) is 11.7. The van der Waals surface area contributed by atoms with E-state index in [-0.39, 0.29) is 23.9 Å². The fraction of sp³-hybridized carbons (Fsp3) is 0.667. The van der Waals surface area contributed by atoms with Crippen LogP contribution in [0.15, 0.2) is 11.1 Å². The standard InChI is InChI=1S/C21H29N3O3S/c1-14-15(2)28-18-17(14)20(26)24(13-22-18)12-21(27)8-10-23(11-9-21)19(25)16-6-4-3-5-7-16/h13,16,27H,3-12H2,1-2H3. The molecule has 28 heavy (non-hydrogen) atoms. The van der Waals surface area contributed by atoms with Crippen molar-refractivity contribution in [3.63, 3.8) is 0 Å². The van der Waals surface area contributed by atoms with E-state index in [4.69, 9.17) is 0 Å². The summed E-state index contributed by atoms with van der Waals surface area (Å²) in [5.41, 5.74) is -0.0747. The van der Waals surface area contributed by atoms with Gasteiger partial charge in [-0.3, -0.25) is 14.2 Å². The normalized spacial score (nSPS) is 20.6. The van der Waals surface area contributed by atoms with Crippen LogP contribution in [0.25, 0.3) is 10.2 Å². The molecule has 0 atom stereocenters. The van der Waals surface area contributed by atoms with Crippen molar-refractivity contribution in [3.05, 3.63) is 27.1 Å². The average molecular weight is 404 g/mol. The van der Waals surface area contributed by atoms with Gasteiger partial charge >= 0.3 is 0 Å². The molecular weight excluding hydrogens is 374 g/mol. The lowest BCUT2D eigenvalue weighted by Gasteiger charge is -2.40. The van der Waals surface area contributed by atoms with Gasteiger partial charge in [0, 0.05) is 23.9 Å². The van der Waals surface area contributed by atoms with Gasteiger partial charge in [0.2, 0.25) is 5.91 Å². The summed E-state index contributed by atoms with van der Waals surface area (Å²) >= 11 is 1.53. The number of aliphatic hydroxyl groups is 1. The Balaban J connectivity index is 1.45. The molecule has 0 unspecified atom stereocenters. The number of hydrogen-bond donors (Lipinski definition) is 1. The molecule has 1 aliphatic heterocycles. The van der Waals surface area contributed by atoms with E-state index in [9.17, 15) is 14.7 Å². The molecule has 4 rings (SSSR count). The minimum absolute atomic E-state index is 0.0824. The van der Waals surface area contributed by atoms with Gasteiger partial charge in [-0.15, -0.1) is 11.3 Å². The number of likely N-dealkylation sites (tertiary alicyclic amines) is 1. The van der Waals surface area contributed by atoms with Crippen molar-refractivity contribution in [2.75, 3.05) is 13.1 Å². The number of nitrogens with zero attached hydrogens (tertiary/aromatic N) is 3. The van der Waals surface area contributed by atoms with Crippen LogP contribution in [-0.2, 0) is 11.3 Å². The minimum Gasteiger partial charge on any atom is -0.388 e. The fourth-order valence-electron chi connectivity index (χ4n) is 4.61. The van der Waals surface area contributed by atoms with Gasteiger partial charge in [-0.05, 0) is 45.1 Å². The minimum atomic E-state index is -0.971. The van der Waals surface area contributed by atoms with E-state index in [1.54, 1.807) is 10.9 Å². The maximum Gasteiger partial charge on any atom is 0.262 e. The first-order chi connectivity index (χ1) is 13.4. The Morgan fingerprint density at radius 3 is 2.61 bits per heavy atom. The Bertz CT molecular complexity index is 934. The molecule has 1 N–H and O–H groups in total. The molecule has 0 bridgehead atoms. The van der Waals surface area contributed by atoms with E-state index in [1.165, 1.54) is 17.8 Å². The lowest BCUT2D eigenvalue weighted by atomic mass is 9.86. The highest BCUT2D eigenvalue weighted by Gasteiger charge is 2.36. The number of rotatable bonds is 3. The van der Waals surface area contributed by atoms with E-state index in [2.05, 4.69) is 4.98 Å². The Kier molecular flexibility index (Phi) is 5.31. The van der Waals surface area contributed by atoms with Crippen molar-refractivity contribution < 1.29 is 9.90 Å². The highest BCUT2D eigenvalue weighted by molar-refractivity contribution is 7.18. The first-order valence-electron chi connectivity index (χ1n) is 10.3. The van der Waals surface area contributed by atoms with E-state index < -0.39 is 5.60 Å². The van der Waals surface area contributed by atoms with Gasteiger partial charge in [-0.2, -0.15) is 0 Å². The summed E-state index contributed by atoms with van der Waals surface area (Å²) in [6, 6.07) is 0. The van der Waals surface area contributed by atoms with Gasteiger partial charge in [0.1, 0.15) is 4.83 Å². The zero-order valence-electron chi connectivity index (χ0n) is 16.7. The SMILES string of the molecule is Cc1sc2ncn(CC3(O)CCN(C(=O)C4CCCCC4)CC3)c(=O)c2c1C. The molecular formula is C21H29N3O3S. The van der Waals surface area contributed by atoms with Crippen LogP contribution < -0.4 is 5.56 Å². The molecule has 2 fully saturated rings. The molecule has 0 spiro atoms. The van der Waals surface area contributed by atoms with Gasteiger partial charge in [0.25, 0.3) is 5.56 Å². The number of amides is 1. The molecule has 152 valence electrons. The third-order valence-electron chi connectivity index (χ3n) is 6.58. The van der Waals surface area contributed by atoms with Crippen molar-refractivity contribution in [3.8, 4) is 0 Å². The van der Waals surface area contributed by atoms with Gasteiger partial charge < -0.3 is 10.0 Å². The van der Waals surface area contributed by atoms with Crippen LogP contribution in [0.3, 0.4) is 0 Å². The quantitative estimate of drug-likeness (QED) is 0.855. The topological polar surface area (TPSA) is 75.4 Å². The summed E-state index contributed by atoms with van der Waals surface area (Å²) in [6.07, 6.45) is 8.08. The first-order valence-corrected chi connectivity index (χ1v) is 11.2. The molecule has 1 saturated heterocycles. The summed E-state index contributed by atoms with van der Waals surface area (Å²) in [5.74, 6) is 0.422. The Hall–Kier alpha value is -1.73. The smallest absolute Gasteiger partial charge is 0.262 e. The second-order valence-electron chi connectivity index (χ2n) is 8.53. The van der Waals surface area contributed by atoms with Crippen LogP contribution in [0.4, 0.5) is 0 Å². The van der Waals surface area contributed by atoms with Crippen LogP contribution in [-0.4, -0.2) is 44.2 Å². The zero-order valence-corrected chi connectivity index (χ0v) is 17.6. The number of aromatic nitrogens is 2. The number of hydrogen-bond acceptors (Lipinski definition) is 5. The second kappa shape index (κ2) is 7.59. The molecule has 2 aromatic heterocycles. The molecule has 2 aliphatic rings. The lowest BCUT2D eigenvalue weighted by Crippen LogP contribution is -2.51. The molecule has 1 amide bonds. The number of fused-ring (bicyclic) bond motifs is 1. The predicted octanol–water partition coefficient (Wildman–Crippen LogP) is 3.01. The van der Waals surface area contributed by atoms with Crippen molar-refractivity contribution in [1.29, 1.82) is 0 Å². The molecule has 1 aliphatic carbocycles. The summed E-state index contributed by atoms with van der Waals surface area (Å²) < 4.78 is 1.54. The summed E-state index contributed by atoms with van der Waals surface area (Å²) in [4.78, 5) is 33.9. The molecule has 6 nitrogen and oxygen atoms in total. The van der Waals surface area contributed by atoms with Crippen LogP contribution in [0.1, 0.15) is 55.4 Å². The Morgan fingerprint density at radius 1 is 1.25 bits per heavy atom. The molecule has 0 radical (unpaired) electrons. The van der Waals surface area contributed by atoms with E-state index in [1.807, 2.05) is 18.7 Å². The summed E-state index contributed by atoms with van der Waals surface area (Å²) in [7, 11) is 0. The molecule has 3 heterocycles. The number of carbonyl (C=O) groups is 1. The number of carbonyl (C=O) groups excluding carboxylic acids is 1. The Morgan fingerprint density at radius 2 is 1.93 bits per heavy atom. The maximum atomic E-state index is 12.9. The van der Waals surface area contributed by atoms with Gasteiger partial charge in [0.05, 0.1) is 23.9 Å². The van der Waals surface area contributed by atoms with E-state index in [0.717, 1.165) is 41.0 Å². The number of piperidine rings is 1. The van der Waals surface area contributed by atoms with Crippen molar-refractivity contribution in [1.82, 2.24) is 14.5 Å². The van der Waals surface area contributed by atoms with Crippen molar-refractivity contribution in [2.45, 2.75) is 70.9 Å². The van der Waals surface area contributed by atoms with E-state index in [0.29, 0.717) is 31.3 Å². The fourth-order valence-corrected chi connectivity index (χ4v) is 5.60. The number of thiophene rings is 1. The second-order valence-corrected chi connectivity index (χ2v) is 9.73. The highest BCUT2D eigenvalue weighted by atomic mass is 32.1. The zero-order chi connectivity index (χ0) is 19.9. The number of aryl methyl sites for hydroxylation is 2. The van der Waals surface area contributed by atoms with Crippen LogP contribution in [0.2, 0.25) is 0 Å². The summed E-state index contributed by atoms with van der Waals surface area (Å²) in [6.45, 7) is 5.30. The van der Waals surface area contributed by atoms with Crippen molar-refractivity contribution >= 4 is 27.5 Å². The van der Waals surface area contributed by atoms with Gasteiger partial charge in [0.15, 0.2) is 0 Å². The van der Waals surface area contributed by atoms with Gasteiger partial charge in [-0.25, -0.2) is 4.98 Å². The predicted molar refractivity (Wildman–Crippen MR) is 111 cm³/mol. The Labute approximate surface area is 169 Å². The molecule has 0 aromatic carbocycles. The lowest BCUT2D eigenvalue weighted by molar-refractivity contribution is -0.141. The third-order valence-corrected chi connectivity index (χ3v) is 7.70. The van der Waals surface area contributed by atoms with E-state index >= 15 is 0 Å². The first kappa shape index (κ1) is 19.6. The molecule has 7 heteroatoms. The maximum absolute atomic E-state index is 12.9. The van der Waals surface area contributed by atoms with Crippen LogP contribution >= 0.6 is 11.3 Å². The largest absolute Gasteiger partial charge is 0.388 e. The highest BCUT2D eigenvalue weighted by Crippen LogP contribution is 2.30. The van der Waals surface area contributed by atoms with Crippen molar-refractivity contribution in [2.24, 2.45) is 5.92 Å². The third kappa shape index (κ3) is 3.62. The molecule has 2 aromatic rings. The van der Waals surface area contributed by atoms with Crippen LogP contribution in [0, 0.1) is 19.8 Å².